The highest BCUT2D eigenvalue weighted by Gasteiger charge is 2.27. The van der Waals surface area contributed by atoms with Gasteiger partial charge in [-0.3, -0.25) is 4.79 Å². The fourth-order valence-electron chi connectivity index (χ4n) is 3.48. The summed E-state index contributed by atoms with van der Waals surface area (Å²) in [4.78, 5) is 11.9. The highest BCUT2D eigenvalue weighted by atomic mass is 16.5. The van der Waals surface area contributed by atoms with Gasteiger partial charge in [-0.1, -0.05) is 12.5 Å². The van der Waals surface area contributed by atoms with Crippen LogP contribution < -0.4 is 10.1 Å². The number of hydrogen-bond donors (Lipinski definition) is 2. The van der Waals surface area contributed by atoms with E-state index in [0.29, 0.717) is 0 Å². The van der Waals surface area contributed by atoms with Crippen LogP contribution in [0.1, 0.15) is 36.8 Å². The molecule has 2 aliphatic rings. The summed E-state index contributed by atoms with van der Waals surface area (Å²) in [5.41, 5.74) is 2.76. The summed E-state index contributed by atoms with van der Waals surface area (Å²) in [5, 5.41) is 12.2. The fraction of sp³-hybridized carbons (Fsp3) is 0.588. The van der Waals surface area contributed by atoms with Crippen molar-refractivity contribution < 1.29 is 14.6 Å². The Labute approximate surface area is 125 Å². The van der Waals surface area contributed by atoms with Gasteiger partial charge in [-0.05, 0) is 55.4 Å². The Morgan fingerprint density at radius 3 is 2.95 bits per heavy atom. The number of carbonyl (C=O) groups excluding carboxylic acids is 1. The lowest BCUT2D eigenvalue weighted by atomic mass is 10.1. The zero-order chi connectivity index (χ0) is 14.7. The summed E-state index contributed by atoms with van der Waals surface area (Å²) in [5.74, 6) is 0.880. The van der Waals surface area contributed by atoms with E-state index in [0.717, 1.165) is 37.9 Å². The Morgan fingerprint density at radius 2 is 2.10 bits per heavy atom. The average molecular weight is 289 g/mol. The molecule has 2 aliphatic carbocycles. The molecule has 0 saturated heterocycles. The Bertz CT molecular complexity index is 515. The molecule has 0 heterocycles. The van der Waals surface area contributed by atoms with Crippen LogP contribution in [0.4, 0.5) is 0 Å². The third kappa shape index (κ3) is 3.38. The van der Waals surface area contributed by atoms with E-state index in [9.17, 15) is 9.90 Å². The minimum absolute atomic E-state index is 0.0490. The minimum atomic E-state index is -0.0964. The lowest BCUT2D eigenvalue weighted by Gasteiger charge is -2.19. The molecule has 114 valence electrons. The minimum Gasteiger partial charge on any atom is -0.484 e. The van der Waals surface area contributed by atoms with Crippen molar-refractivity contribution in [3.63, 3.8) is 0 Å². The number of aliphatic hydroxyl groups excluding tert-OH is 1. The highest BCUT2D eigenvalue weighted by molar-refractivity contribution is 5.77. The summed E-state index contributed by atoms with van der Waals surface area (Å²) in [6.45, 7) is 0.198. The highest BCUT2D eigenvalue weighted by Crippen LogP contribution is 2.26. The first-order valence-corrected chi connectivity index (χ1v) is 7.91. The summed E-state index contributed by atoms with van der Waals surface area (Å²) in [7, 11) is 0. The second kappa shape index (κ2) is 6.48. The number of aryl methyl sites for hydroxylation is 2. The van der Waals surface area contributed by atoms with Crippen LogP contribution >= 0.6 is 0 Å². The topological polar surface area (TPSA) is 58.6 Å². The lowest BCUT2D eigenvalue weighted by Crippen LogP contribution is -2.40. The standard InChI is InChI=1S/C17H23NO3/c19-10-14-5-2-6-16(14)18-17(20)11-21-15-8-7-12-3-1-4-13(12)9-15/h7-9,14,16,19H,1-6,10-11H2,(H,18,20). The number of ether oxygens (including phenoxy) is 1. The SMILES string of the molecule is O=C(COc1ccc2c(c1)CCC2)NC1CCCC1CO. The van der Waals surface area contributed by atoms with Crippen molar-refractivity contribution in [2.24, 2.45) is 5.92 Å². The van der Waals surface area contributed by atoms with Crippen molar-refractivity contribution in [2.75, 3.05) is 13.2 Å². The molecule has 4 nitrogen and oxygen atoms in total. The van der Waals surface area contributed by atoms with Crippen molar-refractivity contribution in [3.05, 3.63) is 29.3 Å². The van der Waals surface area contributed by atoms with Crippen LogP contribution in [0.3, 0.4) is 0 Å². The number of carbonyl (C=O) groups is 1. The van der Waals surface area contributed by atoms with Gasteiger partial charge in [0, 0.05) is 18.6 Å². The molecule has 1 aromatic carbocycles. The van der Waals surface area contributed by atoms with Crippen LogP contribution in [0.25, 0.3) is 0 Å². The quantitative estimate of drug-likeness (QED) is 0.869. The van der Waals surface area contributed by atoms with Gasteiger partial charge in [0.25, 0.3) is 5.91 Å². The molecule has 1 fully saturated rings. The van der Waals surface area contributed by atoms with Crippen LogP contribution in [0, 0.1) is 5.92 Å². The molecule has 0 aliphatic heterocycles. The largest absolute Gasteiger partial charge is 0.484 e. The zero-order valence-corrected chi connectivity index (χ0v) is 12.3. The predicted octanol–water partition coefficient (Wildman–Crippen LogP) is 1.83. The molecule has 0 aromatic heterocycles. The number of amides is 1. The number of aliphatic hydroxyl groups is 1. The van der Waals surface area contributed by atoms with Crippen molar-refractivity contribution in [2.45, 2.75) is 44.6 Å². The van der Waals surface area contributed by atoms with Gasteiger partial charge in [-0.2, -0.15) is 0 Å². The first-order chi connectivity index (χ1) is 10.3. The van der Waals surface area contributed by atoms with Gasteiger partial charge < -0.3 is 15.2 Å². The molecule has 3 rings (SSSR count). The molecule has 1 amide bonds. The molecule has 2 unspecified atom stereocenters. The van der Waals surface area contributed by atoms with Gasteiger partial charge in [-0.25, -0.2) is 0 Å². The molecule has 0 radical (unpaired) electrons. The van der Waals surface area contributed by atoms with E-state index in [2.05, 4.69) is 17.4 Å². The van der Waals surface area contributed by atoms with Crippen LogP contribution in [0.2, 0.25) is 0 Å². The van der Waals surface area contributed by atoms with Crippen molar-refractivity contribution in [1.82, 2.24) is 5.32 Å². The van der Waals surface area contributed by atoms with Gasteiger partial charge in [0.2, 0.25) is 0 Å². The molecule has 0 bridgehead atoms. The number of benzene rings is 1. The predicted molar refractivity (Wildman–Crippen MR) is 80.3 cm³/mol. The third-order valence-corrected chi connectivity index (χ3v) is 4.68. The van der Waals surface area contributed by atoms with Gasteiger partial charge in [0.15, 0.2) is 6.61 Å². The Kier molecular flexibility index (Phi) is 4.44. The molecule has 1 aromatic rings. The molecule has 1 saturated carbocycles. The van der Waals surface area contributed by atoms with Crippen LogP contribution in [-0.4, -0.2) is 30.3 Å². The summed E-state index contributed by atoms with van der Waals surface area (Å²) < 4.78 is 5.60. The van der Waals surface area contributed by atoms with Crippen LogP contribution in [0.15, 0.2) is 18.2 Å². The van der Waals surface area contributed by atoms with Crippen molar-refractivity contribution in [1.29, 1.82) is 0 Å². The van der Waals surface area contributed by atoms with Gasteiger partial charge in [-0.15, -0.1) is 0 Å². The Hall–Kier alpha value is -1.55. The van der Waals surface area contributed by atoms with Gasteiger partial charge >= 0.3 is 0 Å². The Morgan fingerprint density at radius 1 is 1.24 bits per heavy atom. The third-order valence-electron chi connectivity index (χ3n) is 4.68. The van der Waals surface area contributed by atoms with Gasteiger partial charge in [0.1, 0.15) is 5.75 Å². The monoisotopic (exact) mass is 289 g/mol. The van der Waals surface area contributed by atoms with Crippen LogP contribution in [-0.2, 0) is 17.6 Å². The molecule has 0 spiro atoms. The maximum atomic E-state index is 11.9. The second-order valence-corrected chi connectivity index (χ2v) is 6.12. The normalized spacial score (nSPS) is 23.9. The van der Waals surface area contributed by atoms with E-state index in [1.807, 2.05) is 6.07 Å². The number of rotatable bonds is 5. The maximum Gasteiger partial charge on any atom is 0.258 e. The summed E-state index contributed by atoms with van der Waals surface area (Å²) >= 11 is 0. The molecule has 2 N–H and O–H groups in total. The molecular weight excluding hydrogens is 266 g/mol. The van der Waals surface area contributed by atoms with E-state index in [-0.39, 0.29) is 31.1 Å². The number of fused-ring (bicyclic) bond motifs is 1. The van der Waals surface area contributed by atoms with Crippen molar-refractivity contribution >= 4 is 5.91 Å². The summed E-state index contributed by atoms with van der Waals surface area (Å²) in [6, 6.07) is 6.21. The van der Waals surface area contributed by atoms with Crippen molar-refractivity contribution in [3.8, 4) is 5.75 Å². The molecular formula is C17H23NO3. The smallest absolute Gasteiger partial charge is 0.258 e. The van der Waals surface area contributed by atoms with Gasteiger partial charge in [0.05, 0.1) is 0 Å². The van der Waals surface area contributed by atoms with E-state index in [4.69, 9.17) is 4.74 Å². The van der Waals surface area contributed by atoms with Crippen LogP contribution in [0.5, 0.6) is 5.75 Å². The van der Waals surface area contributed by atoms with E-state index in [1.54, 1.807) is 0 Å². The first kappa shape index (κ1) is 14.4. The van der Waals surface area contributed by atoms with E-state index < -0.39 is 0 Å². The fourth-order valence-corrected chi connectivity index (χ4v) is 3.48. The first-order valence-electron chi connectivity index (χ1n) is 7.91. The molecule has 21 heavy (non-hydrogen) atoms. The average Bonchev–Trinajstić information content (AvgIpc) is 3.12. The Balaban J connectivity index is 1.49. The summed E-state index contributed by atoms with van der Waals surface area (Å²) in [6.07, 6.45) is 6.49. The number of hydrogen-bond acceptors (Lipinski definition) is 3. The van der Waals surface area contributed by atoms with E-state index >= 15 is 0 Å². The molecule has 4 heteroatoms. The second-order valence-electron chi connectivity index (χ2n) is 6.12. The molecule has 2 atom stereocenters. The van der Waals surface area contributed by atoms with E-state index in [1.165, 1.54) is 17.5 Å². The lowest BCUT2D eigenvalue weighted by molar-refractivity contribution is -0.124. The zero-order valence-electron chi connectivity index (χ0n) is 12.3. The maximum absolute atomic E-state index is 11.9. The number of nitrogens with one attached hydrogen (secondary N) is 1.